The van der Waals surface area contributed by atoms with E-state index in [4.69, 9.17) is 9.72 Å². The number of piperazine rings is 1. The molecular formula is C25H26FIN6O. The number of nitrogens with one attached hydrogen (secondary N) is 1. The van der Waals surface area contributed by atoms with Crippen LogP contribution in [0.2, 0.25) is 0 Å². The van der Waals surface area contributed by atoms with Crippen LogP contribution in [0.4, 0.5) is 21.7 Å². The second-order valence-electron chi connectivity index (χ2n) is 8.24. The Hall–Kier alpha value is -2.92. The second kappa shape index (κ2) is 10.1. The molecule has 0 spiro atoms. The number of anilines is 3. The van der Waals surface area contributed by atoms with Gasteiger partial charge in [-0.3, -0.25) is 0 Å². The van der Waals surface area contributed by atoms with E-state index in [0.717, 1.165) is 50.2 Å². The van der Waals surface area contributed by atoms with Crippen LogP contribution in [0.25, 0.3) is 11.0 Å². The second-order valence-corrected chi connectivity index (χ2v) is 9.61. The van der Waals surface area contributed by atoms with Crippen molar-refractivity contribution in [2.75, 3.05) is 43.5 Å². The third kappa shape index (κ3) is 4.95. The smallest absolute Gasteiger partial charge is 0.229 e. The zero-order valence-electron chi connectivity index (χ0n) is 18.9. The zero-order chi connectivity index (χ0) is 23.5. The minimum absolute atomic E-state index is 0.294. The van der Waals surface area contributed by atoms with Crippen LogP contribution in [0.1, 0.15) is 5.56 Å². The van der Waals surface area contributed by atoms with Crippen LogP contribution in [0.3, 0.4) is 0 Å². The van der Waals surface area contributed by atoms with Crippen LogP contribution < -0.4 is 15.0 Å². The van der Waals surface area contributed by atoms with E-state index in [1.165, 1.54) is 11.6 Å². The van der Waals surface area contributed by atoms with Crippen LogP contribution in [0.15, 0.2) is 60.9 Å². The first kappa shape index (κ1) is 22.9. The minimum Gasteiger partial charge on any atom is -0.494 e. The van der Waals surface area contributed by atoms with Gasteiger partial charge in [0.25, 0.3) is 0 Å². The molecule has 0 aliphatic carbocycles. The molecule has 9 heteroatoms. The highest BCUT2D eigenvalue weighted by atomic mass is 127. The highest BCUT2D eigenvalue weighted by Crippen LogP contribution is 2.34. The molecule has 0 amide bonds. The van der Waals surface area contributed by atoms with Gasteiger partial charge in [-0.25, -0.2) is 12.5 Å². The van der Waals surface area contributed by atoms with E-state index in [1.807, 2.05) is 18.3 Å². The predicted octanol–water partition coefficient (Wildman–Crippen LogP) is 5.04. The SMILES string of the molecule is COc1cc(N2CCN(I)CC2)c(F)cc1Nc1ncc2ccn(CCc3ccccc3)c2n1. The standard InChI is InChI=1S/C25H26FIN6O/c1-34-23-16-22(31-11-13-33(27)14-12-31)20(26)15-21(23)29-25-28-17-19-8-10-32(24(19)30-25)9-7-18-5-3-2-4-6-18/h2-6,8,10,15-17H,7,9,11-14H2,1H3,(H,28,29,30). The lowest BCUT2D eigenvalue weighted by Gasteiger charge is -2.33. The lowest BCUT2D eigenvalue weighted by molar-refractivity contribution is 0.414. The van der Waals surface area contributed by atoms with Crippen molar-refractivity contribution in [2.45, 2.75) is 13.0 Å². The number of hydrogen-bond donors (Lipinski definition) is 1. The Morgan fingerprint density at radius 1 is 1.09 bits per heavy atom. The molecule has 4 aromatic rings. The molecule has 5 rings (SSSR count). The molecule has 34 heavy (non-hydrogen) atoms. The van der Waals surface area contributed by atoms with Gasteiger partial charge in [-0.05, 0) is 18.1 Å². The van der Waals surface area contributed by atoms with Gasteiger partial charge in [0, 0.05) is 85.5 Å². The van der Waals surface area contributed by atoms with Crippen LogP contribution in [0, 0.1) is 5.82 Å². The quantitative estimate of drug-likeness (QED) is 0.248. The molecule has 0 saturated carbocycles. The molecule has 1 fully saturated rings. The zero-order valence-corrected chi connectivity index (χ0v) is 21.1. The minimum atomic E-state index is -0.294. The largest absolute Gasteiger partial charge is 0.494 e. The molecule has 1 N–H and O–H groups in total. The van der Waals surface area contributed by atoms with Crippen LogP contribution in [-0.2, 0) is 13.0 Å². The van der Waals surface area contributed by atoms with Crippen LogP contribution >= 0.6 is 22.9 Å². The molecule has 0 bridgehead atoms. The van der Waals surface area contributed by atoms with Gasteiger partial charge in [0.05, 0.1) is 18.5 Å². The van der Waals surface area contributed by atoms with Crippen molar-refractivity contribution in [2.24, 2.45) is 0 Å². The molecule has 7 nitrogen and oxygen atoms in total. The molecule has 1 aliphatic rings. The molecule has 2 aromatic carbocycles. The van der Waals surface area contributed by atoms with Crippen molar-refractivity contribution < 1.29 is 9.13 Å². The number of halogens is 2. The van der Waals surface area contributed by atoms with Crippen LogP contribution in [-0.4, -0.2) is 50.9 Å². The molecule has 0 atom stereocenters. The number of aromatic nitrogens is 3. The molecule has 3 heterocycles. The third-order valence-electron chi connectivity index (χ3n) is 6.07. The monoisotopic (exact) mass is 572 g/mol. The summed E-state index contributed by atoms with van der Waals surface area (Å²) in [6.07, 6.45) is 4.71. The van der Waals surface area contributed by atoms with Crippen molar-refractivity contribution in [1.29, 1.82) is 0 Å². The summed E-state index contributed by atoms with van der Waals surface area (Å²) in [5, 5.41) is 4.12. The Morgan fingerprint density at radius 2 is 1.88 bits per heavy atom. The molecule has 2 aromatic heterocycles. The van der Waals surface area contributed by atoms with Gasteiger partial charge in [-0.15, -0.1) is 0 Å². The number of methoxy groups -OCH3 is 1. The Morgan fingerprint density at radius 3 is 2.65 bits per heavy atom. The number of aryl methyl sites for hydroxylation is 2. The number of fused-ring (bicyclic) bond motifs is 1. The van der Waals surface area contributed by atoms with Crippen molar-refractivity contribution in [3.63, 3.8) is 0 Å². The maximum Gasteiger partial charge on any atom is 0.229 e. The highest BCUT2D eigenvalue weighted by molar-refractivity contribution is 14.1. The summed E-state index contributed by atoms with van der Waals surface area (Å²) in [4.78, 5) is 11.2. The number of nitrogens with zero attached hydrogens (tertiary/aromatic N) is 5. The van der Waals surface area contributed by atoms with Crippen molar-refractivity contribution in [1.82, 2.24) is 17.6 Å². The molecule has 1 saturated heterocycles. The van der Waals surface area contributed by atoms with Gasteiger partial charge < -0.3 is 19.5 Å². The van der Waals surface area contributed by atoms with E-state index in [-0.39, 0.29) is 5.82 Å². The molecular weight excluding hydrogens is 546 g/mol. The lowest BCUT2D eigenvalue weighted by Crippen LogP contribution is -2.42. The first-order chi connectivity index (χ1) is 16.6. The average Bonchev–Trinajstić information content (AvgIpc) is 3.26. The Labute approximate surface area is 212 Å². The fraction of sp³-hybridized carbons (Fsp3) is 0.280. The maximum atomic E-state index is 15.1. The summed E-state index contributed by atoms with van der Waals surface area (Å²) >= 11 is 2.30. The average molecular weight is 572 g/mol. The van der Waals surface area contributed by atoms with Crippen molar-refractivity contribution in [3.8, 4) is 5.75 Å². The Bertz CT molecular complexity index is 1270. The first-order valence-corrected chi connectivity index (χ1v) is 12.2. The summed E-state index contributed by atoms with van der Waals surface area (Å²) in [5.41, 5.74) is 3.16. The summed E-state index contributed by atoms with van der Waals surface area (Å²) in [6.45, 7) is 4.13. The lowest BCUT2D eigenvalue weighted by atomic mass is 10.1. The number of ether oxygens (including phenoxy) is 1. The number of benzene rings is 2. The number of hydrogen-bond acceptors (Lipinski definition) is 6. The fourth-order valence-electron chi connectivity index (χ4n) is 4.20. The summed E-state index contributed by atoms with van der Waals surface area (Å²) in [7, 11) is 1.59. The van der Waals surface area contributed by atoms with E-state index in [9.17, 15) is 0 Å². The Balaban J connectivity index is 1.37. The molecule has 0 radical (unpaired) electrons. The third-order valence-corrected chi connectivity index (χ3v) is 7.03. The highest BCUT2D eigenvalue weighted by Gasteiger charge is 2.21. The number of rotatable bonds is 7. The normalized spacial score (nSPS) is 14.5. The summed E-state index contributed by atoms with van der Waals surface area (Å²) in [5.74, 6) is 0.658. The predicted molar refractivity (Wildman–Crippen MR) is 142 cm³/mol. The van der Waals surface area contributed by atoms with E-state index in [2.05, 4.69) is 70.0 Å². The van der Waals surface area contributed by atoms with Crippen molar-refractivity contribution in [3.05, 3.63) is 72.3 Å². The summed E-state index contributed by atoms with van der Waals surface area (Å²) < 4.78 is 25.0. The van der Waals surface area contributed by atoms with Gasteiger partial charge in [0.15, 0.2) is 0 Å². The van der Waals surface area contributed by atoms with Crippen LogP contribution in [0.5, 0.6) is 5.75 Å². The van der Waals surface area contributed by atoms with Gasteiger partial charge in [-0.1, -0.05) is 30.3 Å². The van der Waals surface area contributed by atoms with E-state index in [1.54, 1.807) is 19.4 Å². The van der Waals surface area contributed by atoms with E-state index in [0.29, 0.717) is 23.1 Å². The van der Waals surface area contributed by atoms with E-state index >= 15 is 4.39 Å². The van der Waals surface area contributed by atoms with Gasteiger partial charge in [0.2, 0.25) is 5.95 Å². The maximum absolute atomic E-state index is 15.1. The Kier molecular flexibility index (Phi) is 6.82. The molecule has 176 valence electrons. The molecule has 0 unspecified atom stereocenters. The van der Waals surface area contributed by atoms with Crippen molar-refractivity contribution >= 4 is 51.2 Å². The van der Waals surface area contributed by atoms with Gasteiger partial charge >= 0.3 is 0 Å². The van der Waals surface area contributed by atoms with Gasteiger partial charge in [-0.2, -0.15) is 4.98 Å². The summed E-state index contributed by atoms with van der Waals surface area (Å²) in [6, 6.07) is 15.6. The topological polar surface area (TPSA) is 58.5 Å². The van der Waals surface area contributed by atoms with E-state index < -0.39 is 0 Å². The first-order valence-electron chi connectivity index (χ1n) is 11.3. The fourth-order valence-corrected chi connectivity index (χ4v) is 4.63. The molecule has 1 aliphatic heterocycles. The van der Waals surface area contributed by atoms with Gasteiger partial charge in [0.1, 0.15) is 17.2 Å².